The minimum atomic E-state index is -0.323. The molecule has 2 aromatic rings. The van der Waals surface area contributed by atoms with Crippen LogP contribution in [0.1, 0.15) is 36.9 Å². The molecule has 0 bridgehead atoms. The number of halogens is 1. The largest absolute Gasteiger partial charge is 0.444 e. The molecular weight excluding hydrogens is 410 g/mol. The Bertz CT molecular complexity index is 754. The highest BCUT2D eigenvalue weighted by molar-refractivity contribution is 9.10. The highest BCUT2D eigenvalue weighted by atomic mass is 79.9. The Morgan fingerprint density at radius 2 is 1.78 bits per heavy atom. The van der Waals surface area contributed by atoms with Gasteiger partial charge >= 0.3 is 0 Å². The number of furan rings is 1. The van der Waals surface area contributed by atoms with Gasteiger partial charge in [0, 0.05) is 18.3 Å². The molecule has 0 spiro atoms. The molecule has 0 aliphatic heterocycles. The summed E-state index contributed by atoms with van der Waals surface area (Å²) in [6.45, 7) is 8.92. The van der Waals surface area contributed by atoms with Crippen LogP contribution in [0.15, 0.2) is 45.5 Å². The second-order valence-corrected chi connectivity index (χ2v) is 7.09. The summed E-state index contributed by atoms with van der Waals surface area (Å²) in [5, 5.41) is 5.74. The van der Waals surface area contributed by atoms with Gasteiger partial charge in [-0.1, -0.05) is 26.0 Å². The molecule has 2 amide bonds. The van der Waals surface area contributed by atoms with E-state index in [1.54, 1.807) is 24.3 Å². The minimum absolute atomic E-state index is 0.00812. The maximum absolute atomic E-state index is 12.1. The van der Waals surface area contributed by atoms with Crippen LogP contribution in [-0.2, 0) is 11.2 Å². The number of amides is 2. The van der Waals surface area contributed by atoms with Gasteiger partial charge in [0.05, 0.1) is 6.42 Å². The number of nitrogens with one attached hydrogen (secondary N) is 2. The number of hydrogen-bond acceptors (Lipinski definition) is 4. The van der Waals surface area contributed by atoms with Crippen molar-refractivity contribution in [2.75, 3.05) is 25.0 Å². The molecule has 0 radical (unpaired) electrons. The molecule has 0 aliphatic carbocycles. The number of carbonyl (C=O) groups is 2. The van der Waals surface area contributed by atoms with Gasteiger partial charge in [0.1, 0.15) is 0 Å². The molecule has 0 aliphatic rings. The maximum atomic E-state index is 12.1. The lowest BCUT2D eigenvalue weighted by Gasteiger charge is -2.26. The fraction of sp³-hybridized carbons (Fsp3) is 0.400. The highest BCUT2D eigenvalue weighted by Crippen LogP contribution is 2.16. The predicted molar refractivity (Wildman–Crippen MR) is 110 cm³/mol. The van der Waals surface area contributed by atoms with Crippen LogP contribution in [0.4, 0.5) is 5.69 Å². The van der Waals surface area contributed by atoms with Crippen molar-refractivity contribution < 1.29 is 14.0 Å². The quantitative estimate of drug-likeness (QED) is 0.629. The van der Waals surface area contributed by atoms with E-state index in [2.05, 4.69) is 52.2 Å². The average Bonchev–Trinajstić information content (AvgIpc) is 3.09. The highest BCUT2D eigenvalue weighted by Gasteiger charge is 2.13. The number of benzene rings is 1. The molecule has 6 nitrogen and oxygen atoms in total. The van der Waals surface area contributed by atoms with E-state index >= 15 is 0 Å². The zero-order chi connectivity index (χ0) is 19.8. The molecule has 0 fully saturated rings. The molecule has 1 atom stereocenters. The van der Waals surface area contributed by atoms with Crippen molar-refractivity contribution in [3.05, 3.63) is 52.4 Å². The molecule has 1 aromatic carbocycles. The third-order valence-electron chi connectivity index (χ3n) is 4.40. The van der Waals surface area contributed by atoms with E-state index in [0.29, 0.717) is 29.4 Å². The Morgan fingerprint density at radius 3 is 2.33 bits per heavy atom. The summed E-state index contributed by atoms with van der Waals surface area (Å²) in [5.41, 5.74) is 1.54. The number of nitrogens with zero attached hydrogens (tertiary/aromatic N) is 1. The Morgan fingerprint density at radius 1 is 1.11 bits per heavy atom. The molecule has 0 saturated carbocycles. The van der Waals surface area contributed by atoms with Crippen molar-refractivity contribution in [3.8, 4) is 0 Å². The van der Waals surface area contributed by atoms with Gasteiger partial charge in [-0.15, -0.1) is 0 Å². The fourth-order valence-corrected chi connectivity index (χ4v) is 3.13. The maximum Gasteiger partial charge on any atom is 0.291 e. The molecule has 1 unspecified atom stereocenters. The molecule has 0 saturated heterocycles. The van der Waals surface area contributed by atoms with Crippen LogP contribution in [-0.4, -0.2) is 42.4 Å². The van der Waals surface area contributed by atoms with Crippen molar-refractivity contribution in [2.24, 2.45) is 0 Å². The van der Waals surface area contributed by atoms with E-state index in [4.69, 9.17) is 4.42 Å². The Labute approximate surface area is 168 Å². The second-order valence-electron chi connectivity index (χ2n) is 6.31. The van der Waals surface area contributed by atoms with Crippen molar-refractivity contribution in [3.63, 3.8) is 0 Å². The van der Waals surface area contributed by atoms with Crippen LogP contribution in [0.5, 0.6) is 0 Å². The number of anilines is 1. The summed E-state index contributed by atoms with van der Waals surface area (Å²) in [6.07, 6.45) is 0.310. The van der Waals surface area contributed by atoms with Crippen molar-refractivity contribution in [1.29, 1.82) is 0 Å². The number of hydrogen-bond donors (Lipinski definition) is 2. The topological polar surface area (TPSA) is 74.6 Å². The first-order chi connectivity index (χ1) is 12.9. The van der Waals surface area contributed by atoms with Gasteiger partial charge in [0.25, 0.3) is 5.91 Å². The van der Waals surface area contributed by atoms with E-state index in [0.717, 1.165) is 18.7 Å². The van der Waals surface area contributed by atoms with Gasteiger partial charge in [-0.25, -0.2) is 0 Å². The zero-order valence-electron chi connectivity index (χ0n) is 15.9. The van der Waals surface area contributed by atoms with Crippen LogP contribution < -0.4 is 10.6 Å². The van der Waals surface area contributed by atoms with Gasteiger partial charge in [0.15, 0.2) is 10.4 Å². The lowest BCUT2D eigenvalue weighted by Crippen LogP contribution is -2.42. The molecule has 1 heterocycles. The molecule has 2 rings (SSSR count). The van der Waals surface area contributed by atoms with Crippen molar-refractivity contribution >= 4 is 33.4 Å². The van der Waals surface area contributed by atoms with Gasteiger partial charge < -0.3 is 15.1 Å². The summed E-state index contributed by atoms with van der Waals surface area (Å²) in [6, 6.07) is 10.8. The van der Waals surface area contributed by atoms with Crippen LogP contribution >= 0.6 is 15.9 Å². The second kappa shape index (κ2) is 10.3. The van der Waals surface area contributed by atoms with Gasteiger partial charge in [0.2, 0.25) is 5.91 Å². The Balaban J connectivity index is 1.82. The molecule has 7 heteroatoms. The average molecular weight is 436 g/mol. The van der Waals surface area contributed by atoms with Crippen LogP contribution in [0.2, 0.25) is 0 Å². The fourth-order valence-electron chi connectivity index (χ4n) is 2.82. The summed E-state index contributed by atoms with van der Waals surface area (Å²) < 4.78 is 5.73. The van der Waals surface area contributed by atoms with E-state index < -0.39 is 0 Å². The lowest BCUT2D eigenvalue weighted by atomic mass is 10.1. The first kappa shape index (κ1) is 21.2. The Kier molecular flexibility index (Phi) is 8.06. The van der Waals surface area contributed by atoms with E-state index in [1.165, 1.54) is 0 Å². The summed E-state index contributed by atoms with van der Waals surface area (Å²) in [5.74, 6) is -0.101. The van der Waals surface area contributed by atoms with Crippen LogP contribution in [0.3, 0.4) is 0 Å². The SMILES string of the molecule is CCN(CC)C(C)CNC(=O)Cc1ccc(NC(=O)c2ccc(Br)o2)cc1. The third kappa shape index (κ3) is 6.52. The molecule has 146 valence electrons. The molecule has 1 aromatic heterocycles. The van der Waals surface area contributed by atoms with E-state index in [-0.39, 0.29) is 17.6 Å². The molecular formula is C20H26BrN3O3. The number of carbonyl (C=O) groups excluding carboxylic acids is 2. The summed E-state index contributed by atoms with van der Waals surface area (Å²) >= 11 is 3.17. The first-order valence-corrected chi connectivity index (χ1v) is 9.88. The lowest BCUT2D eigenvalue weighted by molar-refractivity contribution is -0.120. The number of likely N-dealkylation sites (N-methyl/N-ethyl adjacent to an activating group) is 1. The third-order valence-corrected chi connectivity index (χ3v) is 4.83. The van der Waals surface area contributed by atoms with Gasteiger partial charge in [-0.2, -0.15) is 0 Å². The van der Waals surface area contributed by atoms with Gasteiger partial charge in [-0.05, 0) is 65.8 Å². The van der Waals surface area contributed by atoms with E-state index in [9.17, 15) is 9.59 Å². The summed E-state index contributed by atoms with van der Waals surface area (Å²) in [4.78, 5) is 26.5. The van der Waals surface area contributed by atoms with Gasteiger partial charge in [-0.3, -0.25) is 14.5 Å². The zero-order valence-corrected chi connectivity index (χ0v) is 17.5. The van der Waals surface area contributed by atoms with E-state index in [1.807, 2.05) is 12.1 Å². The smallest absolute Gasteiger partial charge is 0.291 e. The predicted octanol–water partition coefficient (Wildman–Crippen LogP) is 3.68. The Hall–Kier alpha value is -2.12. The normalized spacial score (nSPS) is 12.0. The summed E-state index contributed by atoms with van der Waals surface area (Å²) in [7, 11) is 0. The minimum Gasteiger partial charge on any atom is -0.444 e. The first-order valence-electron chi connectivity index (χ1n) is 9.09. The molecule has 2 N–H and O–H groups in total. The number of rotatable bonds is 9. The van der Waals surface area contributed by atoms with Crippen molar-refractivity contribution in [1.82, 2.24) is 10.2 Å². The van der Waals surface area contributed by atoms with Crippen LogP contribution in [0, 0.1) is 0 Å². The standard InChI is InChI=1S/C20H26BrN3O3/c1-4-24(5-2)14(3)13-22-19(25)12-15-6-8-16(9-7-15)23-20(26)17-10-11-18(21)27-17/h6-11,14H,4-5,12-13H2,1-3H3,(H,22,25)(H,23,26). The molecule has 27 heavy (non-hydrogen) atoms. The monoisotopic (exact) mass is 435 g/mol. The van der Waals surface area contributed by atoms with Crippen LogP contribution in [0.25, 0.3) is 0 Å². The van der Waals surface area contributed by atoms with Crippen molar-refractivity contribution in [2.45, 2.75) is 33.2 Å².